The van der Waals surface area contributed by atoms with E-state index in [1.54, 1.807) is 6.92 Å². The summed E-state index contributed by atoms with van der Waals surface area (Å²) in [6.45, 7) is 2.89. The average Bonchev–Trinajstić information content (AvgIpc) is 3.44. The van der Waals surface area contributed by atoms with Crippen molar-refractivity contribution in [2.24, 2.45) is 0 Å². The molecule has 0 radical (unpaired) electrons. The lowest BCUT2D eigenvalue weighted by atomic mass is 10.1. The lowest BCUT2D eigenvalue weighted by Crippen LogP contribution is -2.59. The second-order valence-electron chi connectivity index (χ2n) is 10.2. The molecule has 3 heterocycles. The van der Waals surface area contributed by atoms with Crippen molar-refractivity contribution >= 4 is 11.7 Å². The summed E-state index contributed by atoms with van der Waals surface area (Å²) in [5.74, 6) is -2.38. The van der Waals surface area contributed by atoms with E-state index in [0.717, 1.165) is 23.4 Å². The Morgan fingerprint density at radius 3 is 2.39 bits per heavy atom. The molecule has 1 fully saturated rings. The first-order chi connectivity index (χ1) is 20.7. The quantitative estimate of drug-likeness (QED) is 0.201. The predicted molar refractivity (Wildman–Crippen MR) is 142 cm³/mol. The zero-order valence-electron chi connectivity index (χ0n) is 23.3. The number of quaternary nitrogens is 1. The molecule has 1 saturated heterocycles. The number of carbonyl (C=O) groups excluding carboxylic acids is 1. The van der Waals surface area contributed by atoms with Crippen LogP contribution in [0.2, 0.25) is 0 Å². The van der Waals surface area contributed by atoms with Gasteiger partial charge in [-0.2, -0.15) is 18.2 Å². The highest BCUT2D eigenvalue weighted by Crippen LogP contribution is 2.28. The van der Waals surface area contributed by atoms with Gasteiger partial charge in [-0.15, -0.1) is 17.8 Å². The van der Waals surface area contributed by atoms with Crippen LogP contribution in [0.3, 0.4) is 0 Å². The standard InChI is InChI=1S/C28H25F6N6O4/c1-17-22(15-18-4-3-5-20(14-18)39-10-12-40(2,13-11-39)44-26(41)27(29,30)31)36-23(16-35-17)25-37-24(38-43-25)19-6-8-21(9-7-19)42-28(32,33)34/h3-9,14,16H,10-13,15H2,1-2H3/q+1. The van der Waals surface area contributed by atoms with Gasteiger partial charge in [0.25, 0.3) is 5.89 Å². The van der Waals surface area contributed by atoms with Crippen LogP contribution in [0.15, 0.2) is 59.3 Å². The summed E-state index contributed by atoms with van der Waals surface area (Å²) in [4.78, 5) is 31.4. The van der Waals surface area contributed by atoms with Crippen molar-refractivity contribution in [2.75, 3.05) is 38.1 Å². The van der Waals surface area contributed by atoms with Crippen molar-refractivity contribution in [1.29, 1.82) is 0 Å². The van der Waals surface area contributed by atoms with E-state index in [1.165, 1.54) is 25.4 Å². The van der Waals surface area contributed by atoms with Crippen molar-refractivity contribution in [3.05, 3.63) is 71.7 Å². The Morgan fingerprint density at radius 1 is 1.02 bits per heavy atom. The second kappa shape index (κ2) is 11.7. The van der Waals surface area contributed by atoms with Crippen molar-refractivity contribution in [3.8, 4) is 28.7 Å². The van der Waals surface area contributed by atoms with Gasteiger partial charge in [-0.05, 0) is 48.9 Å². The molecule has 2 aromatic heterocycles. The third-order valence-electron chi connectivity index (χ3n) is 6.91. The molecule has 1 aliphatic heterocycles. The average molecular weight is 624 g/mol. The van der Waals surface area contributed by atoms with E-state index in [-0.39, 0.29) is 30.6 Å². The Bertz CT molecular complexity index is 1630. The second-order valence-corrected chi connectivity index (χ2v) is 10.2. The Kier molecular flexibility index (Phi) is 8.20. The Balaban J connectivity index is 1.26. The highest BCUT2D eigenvalue weighted by molar-refractivity contribution is 5.74. The molecule has 1 aliphatic rings. The van der Waals surface area contributed by atoms with E-state index in [0.29, 0.717) is 42.2 Å². The van der Waals surface area contributed by atoms with E-state index in [2.05, 4.69) is 24.8 Å². The molecule has 0 bridgehead atoms. The summed E-state index contributed by atoms with van der Waals surface area (Å²) in [5.41, 5.74) is 3.76. The van der Waals surface area contributed by atoms with Crippen LogP contribution < -0.4 is 9.64 Å². The smallest absolute Gasteiger partial charge is 0.406 e. The number of aromatic nitrogens is 4. The van der Waals surface area contributed by atoms with E-state index in [1.807, 2.05) is 29.2 Å². The number of rotatable bonds is 7. The Hall–Kier alpha value is -4.73. The molecule has 0 unspecified atom stereocenters. The van der Waals surface area contributed by atoms with E-state index >= 15 is 0 Å². The van der Waals surface area contributed by atoms with Gasteiger partial charge < -0.3 is 14.2 Å². The van der Waals surface area contributed by atoms with Crippen LogP contribution in [0.5, 0.6) is 5.75 Å². The third-order valence-corrected chi connectivity index (χ3v) is 6.91. The first kappa shape index (κ1) is 30.7. The minimum absolute atomic E-state index is 0.0684. The minimum Gasteiger partial charge on any atom is -0.406 e. The zero-order chi connectivity index (χ0) is 31.7. The van der Waals surface area contributed by atoms with Crippen LogP contribution in [-0.2, 0) is 16.1 Å². The van der Waals surface area contributed by atoms with Gasteiger partial charge >= 0.3 is 18.5 Å². The highest BCUT2D eigenvalue weighted by atomic mass is 19.4. The van der Waals surface area contributed by atoms with Crippen molar-refractivity contribution in [3.63, 3.8) is 0 Å². The molecule has 4 aromatic rings. The highest BCUT2D eigenvalue weighted by Gasteiger charge is 2.47. The molecule has 16 heteroatoms. The number of carbonyl (C=O) groups is 1. The molecule has 0 atom stereocenters. The first-order valence-electron chi connectivity index (χ1n) is 13.2. The number of piperazine rings is 1. The molecular weight excluding hydrogens is 598 g/mol. The number of hydroxylamine groups is 3. The zero-order valence-corrected chi connectivity index (χ0v) is 23.3. The summed E-state index contributed by atoms with van der Waals surface area (Å²) < 4.78 is 84.0. The number of anilines is 1. The van der Waals surface area contributed by atoms with Crippen LogP contribution in [-0.4, -0.2) is 76.5 Å². The molecule has 0 N–H and O–H groups in total. The molecule has 0 amide bonds. The number of likely N-dealkylation sites (N-methyl/N-ethyl adjacent to an activating group) is 1. The summed E-state index contributed by atoms with van der Waals surface area (Å²) in [6.07, 6.45) is -7.99. The van der Waals surface area contributed by atoms with Crippen LogP contribution >= 0.6 is 0 Å². The number of aryl methyl sites for hydroxylation is 1. The third kappa shape index (κ3) is 7.42. The molecule has 44 heavy (non-hydrogen) atoms. The molecular formula is C28H25F6N6O4+. The molecule has 0 saturated carbocycles. The molecule has 232 valence electrons. The van der Waals surface area contributed by atoms with Crippen LogP contribution in [0.4, 0.5) is 32.0 Å². The van der Waals surface area contributed by atoms with Crippen LogP contribution in [0.1, 0.15) is 17.0 Å². The maximum Gasteiger partial charge on any atom is 0.573 e. The van der Waals surface area contributed by atoms with Crippen LogP contribution in [0, 0.1) is 6.92 Å². The number of alkyl halides is 6. The first-order valence-corrected chi connectivity index (χ1v) is 13.2. The van der Waals surface area contributed by atoms with Crippen molar-refractivity contribution in [2.45, 2.75) is 25.9 Å². The van der Waals surface area contributed by atoms with Crippen molar-refractivity contribution in [1.82, 2.24) is 20.1 Å². The molecule has 0 aliphatic carbocycles. The fourth-order valence-corrected chi connectivity index (χ4v) is 4.55. The van der Waals surface area contributed by atoms with Gasteiger partial charge in [-0.25, -0.2) is 9.78 Å². The van der Waals surface area contributed by atoms with Crippen molar-refractivity contribution < 1.29 is 49.9 Å². The maximum absolute atomic E-state index is 12.7. The lowest BCUT2D eigenvalue weighted by Gasteiger charge is -2.39. The fraction of sp³-hybridized carbons (Fsp3) is 0.321. The number of benzene rings is 2. The lowest BCUT2D eigenvalue weighted by molar-refractivity contribution is -1.08. The summed E-state index contributed by atoms with van der Waals surface area (Å²) in [5, 5.41) is 3.90. The molecule has 10 nitrogen and oxygen atoms in total. The number of halogens is 6. The van der Waals surface area contributed by atoms with E-state index in [9.17, 15) is 31.1 Å². The summed E-state index contributed by atoms with van der Waals surface area (Å²) in [7, 11) is 1.45. The molecule has 0 spiro atoms. The topological polar surface area (TPSA) is 103 Å². The monoisotopic (exact) mass is 623 g/mol. The normalized spacial score (nSPS) is 15.2. The van der Waals surface area contributed by atoms with Gasteiger partial charge in [0.2, 0.25) is 5.82 Å². The van der Waals surface area contributed by atoms with E-state index < -0.39 is 23.2 Å². The van der Waals surface area contributed by atoms with Gasteiger partial charge in [0.1, 0.15) is 31.6 Å². The maximum atomic E-state index is 12.7. The van der Waals surface area contributed by atoms with Gasteiger partial charge in [-0.1, -0.05) is 17.3 Å². The predicted octanol–water partition coefficient (Wildman–Crippen LogP) is 5.28. The minimum atomic E-state index is -5.05. The van der Waals surface area contributed by atoms with Gasteiger partial charge in [0.15, 0.2) is 0 Å². The van der Waals surface area contributed by atoms with Gasteiger partial charge in [0, 0.05) is 17.7 Å². The number of ether oxygens (including phenoxy) is 1. The largest absolute Gasteiger partial charge is 0.573 e. The Labute approximate surface area is 246 Å². The number of nitrogens with zero attached hydrogens (tertiary/aromatic N) is 6. The van der Waals surface area contributed by atoms with E-state index in [4.69, 9.17) is 9.36 Å². The van der Waals surface area contributed by atoms with Crippen LogP contribution in [0.25, 0.3) is 23.0 Å². The van der Waals surface area contributed by atoms with Gasteiger partial charge in [0.05, 0.1) is 30.7 Å². The Morgan fingerprint density at radius 2 is 1.73 bits per heavy atom. The summed E-state index contributed by atoms with van der Waals surface area (Å²) >= 11 is 0. The number of hydrogen-bond acceptors (Lipinski definition) is 9. The molecule has 2 aromatic carbocycles. The van der Waals surface area contributed by atoms with Gasteiger partial charge in [-0.3, -0.25) is 9.82 Å². The summed E-state index contributed by atoms with van der Waals surface area (Å²) in [6, 6.07) is 12.6. The molecule has 5 rings (SSSR count). The number of hydrogen-bond donors (Lipinski definition) is 0. The fourth-order valence-electron chi connectivity index (χ4n) is 4.55. The SMILES string of the molecule is Cc1ncc(-c2nc(-c3ccc(OC(F)(F)F)cc3)no2)nc1Cc1cccc(N2CC[N+](C)(OC(=O)C(F)(F)F)CC2)c1.